The highest BCUT2D eigenvalue weighted by atomic mass is 32.2. The fourth-order valence-corrected chi connectivity index (χ4v) is 4.58. The Hall–Kier alpha value is -3.26. The highest BCUT2D eigenvalue weighted by molar-refractivity contribution is 7.99. The minimum Gasteiger partial charge on any atom is -0.486 e. The number of thioether (sulfide) groups is 1. The van der Waals surface area contributed by atoms with Gasteiger partial charge in [0, 0.05) is 17.1 Å². The van der Waals surface area contributed by atoms with Gasteiger partial charge in [-0.3, -0.25) is 9.20 Å². The highest BCUT2D eigenvalue weighted by Gasteiger charge is 2.17. The zero-order valence-corrected chi connectivity index (χ0v) is 18.4. The number of hydrogen-bond acceptors (Lipinski definition) is 6. The predicted octanol–water partition coefficient (Wildman–Crippen LogP) is 4.31. The molecule has 0 fully saturated rings. The summed E-state index contributed by atoms with van der Waals surface area (Å²) in [7, 11) is 0. The van der Waals surface area contributed by atoms with E-state index >= 15 is 0 Å². The van der Waals surface area contributed by atoms with Crippen LogP contribution in [0.25, 0.3) is 16.6 Å². The first-order valence-electron chi connectivity index (χ1n) is 10.1. The normalized spacial score (nSPS) is 13.0. The first kappa shape index (κ1) is 19.7. The van der Waals surface area contributed by atoms with E-state index in [9.17, 15) is 4.79 Å². The Labute approximate surface area is 183 Å². The van der Waals surface area contributed by atoms with Gasteiger partial charge < -0.3 is 14.8 Å². The molecule has 7 nitrogen and oxygen atoms in total. The number of rotatable bonds is 4. The number of carbonyl (C=O) groups is 1. The number of fused-ring (bicyclic) bond motifs is 4. The number of amides is 1. The summed E-state index contributed by atoms with van der Waals surface area (Å²) in [4.78, 5) is 12.6. The Morgan fingerprint density at radius 1 is 1.00 bits per heavy atom. The number of anilines is 1. The molecule has 8 heteroatoms. The van der Waals surface area contributed by atoms with Crippen LogP contribution in [0, 0.1) is 20.8 Å². The van der Waals surface area contributed by atoms with Crippen LogP contribution < -0.4 is 14.8 Å². The van der Waals surface area contributed by atoms with Crippen molar-refractivity contribution in [3.63, 3.8) is 0 Å². The largest absolute Gasteiger partial charge is 0.486 e. The number of pyridine rings is 1. The maximum atomic E-state index is 12.6. The van der Waals surface area contributed by atoms with Gasteiger partial charge >= 0.3 is 0 Å². The molecular weight excluding hydrogens is 412 g/mol. The van der Waals surface area contributed by atoms with E-state index in [0.29, 0.717) is 35.6 Å². The Morgan fingerprint density at radius 3 is 2.61 bits per heavy atom. The summed E-state index contributed by atoms with van der Waals surface area (Å²) in [5.41, 5.74) is 5.98. The number of benzene rings is 2. The lowest BCUT2D eigenvalue weighted by atomic mass is 10.0. The van der Waals surface area contributed by atoms with E-state index in [4.69, 9.17) is 9.47 Å². The van der Waals surface area contributed by atoms with Crippen LogP contribution in [-0.2, 0) is 4.79 Å². The molecule has 0 saturated carbocycles. The zero-order valence-electron chi connectivity index (χ0n) is 17.6. The quantitative estimate of drug-likeness (QED) is 0.482. The van der Waals surface area contributed by atoms with Crippen LogP contribution in [0.5, 0.6) is 11.5 Å². The summed E-state index contributed by atoms with van der Waals surface area (Å²) in [5, 5.41) is 13.5. The van der Waals surface area contributed by atoms with Gasteiger partial charge in [0.15, 0.2) is 22.3 Å². The Balaban J connectivity index is 1.40. The molecule has 0 bridgehead atoms. The molecule has 0 spiro atoms. The summed E-state index contributed by atoms with van der Waals surface area (Å²) in [6, 6.07) is 11.8. The lowest BCUT2D eigenvalue weighted by Crippen LogP contribution is -2.17. The molecule has 1 N–H and O–H groups in total. The van der Waals surface area contributed by atoms with E-state index in [1.165, 1.54) is 22.7 Å². The van der Waals surface area contributed by atoms with E-state index in [0.717, 1.165) is 22.3 Å². The summed E-state index contributed by atoms with van der Waals surface area (Å²) >= 11 is 1.37. The first-order valence-corrected chi connectivity index (χ1v) is 11.1. The van der Waals surface area contributed by atoms with E-state index in [2.05, 4.69) is 52.0 Å². The standard InChI is InChI=1S/C23H22N4O3S/c1-13-4-5-14(2)21-17(13)10-15(3)22-25-26-23(27(21)22)31-12-20(28)24-16-6-7-18-19(11-16)30-9-8-29-18/h4-7,10-11H,8-9,12H2,1-3H3,(H,24,28). The van der Waals surface area contributed by atoms with Crippen molar-refractivity contribution in [2.24, 2.45) is 0 Å². The number of aromatic nitrogens is 3. The third kappa shape index (κ3) is 3.57. The number of hydrogen-bond donors (Lipinski definition) is 1. The van der Waals surface area contributed by atoms with E-state index in [-0.39, 0.29) is 11.7 Å². The van der Waals surface area contributed by atoms with Crippen molar-refractivity contribution in [1.29, 1.82) is 0 Å². The molecule has 1 aliphatic rings. The summed E-state index contributed by atoms with van der Waals surface area (Å²) in [5.74, 6) is 1.44. The Bertz CT molecular complexity index is 1330. The van der Waals surface area contributed by atoms with Gasteiger partial charge in [-0.1, -0.05) is 23.9 Å². The summed E-state index contributed by atoms with van der Waals surface area (Å²) in [6.45, 7) is 7.26. The minimum absolute atomic E-state index is 0.122. The van der Waals surface area contributed by atoms with Gasteiger partial charge in [-0.05, 0) is 55.7 Å². The van der Waals surface area contributed by atoms with Crippen LogP contribution in [0.1, 0.15) is 16.7 Å². The summed E-state index contributed by atoms with van der Waals surface area (Å²) < 4.78 is 13.2. The van der Waals surface area contributed by atoms with Crippen molar-refractivity contribution in [3.05, 3.63) is 53.1 Å². The van der Waals surface area contributed by atoms with Crippen LogP contribution in [0.4, 0.5) is 5.69 Å². The topological polar surface area (TPSA) is 77.8 Å². The van der Waals surface area contributed by atoms with Crippen LogP contribution >= 0.6 is 11.8 Å². The van der Waals surface area contributed by atoms with E-state index < -0.39 is 0 Å². The molecule has 1 aliphatic heterocycles. The van der Waals surface area contributed by atoms with Gasteiger partial charge in [-0.2, -0.15) is 0 Å². The molecule has 158 valence electrons. The highest BCUT2D eigenvalue weighted by Crippen LogP contribution is 2.33. The van der Waals surface area contributed by atoms with E-state index in [1.54, 1.807) is 6.07 Å². The molecule has 31 heavy (non-hydrogen) atoms. The van der Waals surface area contributed by atoms with Gasteiger partial charge in [0.25, 0.3) is 0 Å². The maximum absolute atomic E-state index is 12.6. The van der Waals surface area contributed by atoms with Gasteiger partial charge in [0.1, 0.15) is 13.2 Å². The third-order valence-electron chi connectivity index (χ3n) is 5.37. The second-order valence-corrected chi connectivity index (χ2v) is 8.57. The van der Waals surface area contributed by atoms with Crippen molar-refractivity contribution in [2.45, 2.75) is 25.9 Å². The molecule has 0 atom stereocenters. The number of nitrogens with one attached hydrogen (secondary N) is 1. The number of aryl methyl sites for hydroxylation is 3. The van der Waals surface area contributed by atoms with Crippen molar-refractivity contribution < 1.29 is 14.3 Å². The number of ether oxygens (including phenoxy) is 2. The Kier molecular flexibility index (Phi) is 4.94. The van der Waals surface area contributed by atoms with Crippen LogP contribution in [0.2, 0.25) is 0 Å². The van der Waals surface area contributed by atoms with E-state index in [1.807, 2.05) is 19.1 Å². The maximum Gasteiger partial charge on any atom is 0.234 e. The zero-order chi connectivity index (χ0) is 21.5. The molecular formula is C23H22N4O3S. The van der Waals surface area contributed by atoms with Crippen LogP contribution in [0.15, 0.2) is 41.6 Å². The molecule has 0 radical (unpaired) electrons. The fourth-order valence-electron chi connectivity index (χ4n) is 3.85. The first-order chi connectivity index (χ1) is 15.0. The van der Waals surface area contributed by atoms with Crippen LogP contribution in [0.3, 0.4) is 0 Å². The van der Waals surface area contributed by atoms with Gasteiger partial charge in [-0.25, -0.2) is 0 Å². The van der Waals surface area contributed by atoms with Gasteiger partial charge in [0.2, 0.25) is 5.91 Å². The number of nitrogens with zero attached hydrogens (tertiary/aromatic N) is 3. The monoisotopic (exact) mass is 434 g/mol. The SMILES string of the molecule is Cc1ccc(C)c2c1cc(C)c1nnc(SCC(=O)Nc3ccc4c(c3)OCCO4)n12. The van der Waals surface area contributed by atoms with Crippen molar-refractivity contribution in [3.8, 4) is 11.5 Å². The lowest BCUT2D eigenvalue weighted by Gasteiger charge is -2.19. The second-order valence-electron chi connectivity index (χ2n) is 7.63. The smallest absolute Gasteiger partial charge is 0.234 e. The van der Waals surface area contributed by atoms with Gasteiger partial charge in [0.05, 0.1) is 11.3 Å². The van der Waals surface area contributed by atoms with Crippen molar-refractivity contribution >= 4 is 39.9 Å². The average Bonchev–Trinajstić information content (AvgIpc) is 3.19. The molecule has 3 heterocycles. The molecule has 1 amide bonds. The van der Waals surface area contributed by atoms with Crippen LogP contribution in [-0.4, -0.2) is 39.5 Å². The fraction of sp³-hybridized carbons (Fsp3) is 0.261. The third-order valence-corrected chi connectivity index (χ3v) is 6.29. The Morgan fingerprint density at radius 2 is 1.77 bits per heavy atom. The molecule has 2 aromatic carbocycles. The molecule has 0 unspecified atom stereocenters. The second kappa shape index (κ2) is 7.77. The molecule has 0 saturated heterocycles. The molecule has 4 aromatic rings. The van der Waals surface area contributed by atoms with Crippen molar-refractivity contribution in [1.82, 2.24) is 14.6 Å². The average molecular weight is 435 g/mol. The van der Waals surface area contributed by atoms with Gasteiger partial charge in [-0.15, -0.1) is 10.2 Å². The molecule has 2 aromatic heterocycles. The lowest BCUT2D eigenvalue weighted by molar-refractivity contribution is -0.113. The van der Waals surface area contributed by atoms with Crippen molar-refractivity contribution in [2.75, 3.05) is 24.3 Å². The minimum atomic E-state index is -0.122. The molecule has 0 aliphatic carbocycles. The summed E-state index contributed by atoms with van der Waals surface area (Å²) in [6.07, 6.45) is 0. The molecule has 5 rings (SSSR count). The number of carbonyl (C=O) groups excluding carboxylic acids is 1. The predicted molar refractivity (Wildman–Crippen MR) is 121 cm³/mol.